The number of aryl methyl sites for hydroxylation is 2. The molecule has 2 amide bonds. The first kappa shape index (κ1) is 20.7. The van der Waals surface area contributed by atoms with Gasteiger partial charge in [-0.1, -0.05) is 53.3 Å². The van der Waals surface area contributed by atoms with Gasteiger partial charge in [-0.25, -0.2) is 0 Å². The summed E-state index contributed by atoms with van der Waals surface area (Å²) in [4.78, 5) is 45.4. The molecule has 2 bridgehead atoms. The molecule has 0 unspecified atom stereocenters. The van der Waals surface area contributed by atoms with E-state index in [1.807, 2.05) is 37.3 Å². The summed E-state index contributed by atoms with van der Waals surface area (Å²) in [6, 6.07) is 16.1. The van der Waals surface area contributed by atoms with Gasteiger partial charge in [0.1, 0.15) is 0 Å². The van der Waals surface area contributed by atoms with Gasteiger partial charge in [-0.05, 0) is 61.3 Å². The summed E-state index contributed by atoms with van der Waals surface area (Å²) in [6.07, 6.45) is 0.915. The third-order valence-electron chi connectivity index (χ3n) is 8.54. The first-order chi connectivity index (χ1) is 16.4. The first-order valence-corrected chi connectivity index (χ1v) is 13.5. The van der Waals surface area contributed by atoms with E-state index in [4.69, 9.17) is 0 Å². The van der Waals surface area contributed by atoms with Crippen LogP contribution in [0.25, 0.3) is 0 Å². The molecular weight excluding hydrogens is 464 g/mol. The molecule has 1 aromatic heterocycles. The number of nitrogens with one attached hydrogen (secondary N) is 1. The van der Waals surface area contributed by atoms with Crippen molar-refractivity contribution in [2.24, 2.45) is 29.6 Å². The number of carbonyl (C=O) groups excluding carboxylic acids is 2. The maximum Gasteiger partial charge on any atom is 0.305 e. The quantitative estimate of drug-likeness (QED) is 0.530. The molecule has 7 heteroatoms. The van der Waals surface area contributed by atoms with Crippen molar-refractivity contribution in [2.75, 3.05) is 4.90 Å². The second-order valence-corrected chi connectivity index (χ2v) is 12.4. The van der Waals surface area contributed by atoms with E-state index in [-0.39, 0.29) is 57.4 Å². The summed E-state index contributed by atoms with van der Waals surface area (Å²) in [7, 11) is 0. The van der Waals surface area contributed by atoms with Crippen molar-refractivity contribution in [3.8, 4) is 0 Å². The van der Waals surface area contributed by atoms with E-state index in [0.29, 0.717) is 5.69 Å². The lowest BCUT2D eigenvalue weighted by atomic mass is 9.67. The lowest BCUT2D eigenvalue weighted by Gasteiger charge is -2.43. The molecule has 2 aliphatic heterocycles. The van der Waals surface area contributed by atoms with Crippen LogP contribution in [-0.2, 0) is 9.59 Å². The lowest BCUT2D eigenvalue weighted by molar-refractivity contribution is -0.123. The zero-order valence-electron chi connectivity index (χ0n) is 18.9. The van der Waals surface area contributed by atoms with Gasteiger partial charge in [0.2, 0.25) is 11.8 Å². The number of imide groups is 1. The van der Waals surface area contributed by atoms with Crippen LogP contribution in [0.5, 0.6) is 0 Å². The van der Waals surface area contributed by atoms with Crippen LogP contribution in [0.3, 0.4) is 0 Å². The normalized spacial score (nSPS) is 33.2. The zero-order valence-corrected chi connectivity index (χ0v) is 20.5. The van der Waals surface area contributed by atoms with Crippen molar-refractivity contribution in [2.45, 2.75) is 36.5 Å². The van der Waals surface area contributed by atoms with Crippen molar-refractivity contribution >= 4 is 40.6 Å². The highest BCUT2D eigenvalue weighted by atomic mass is 32.2. The van der Waals surface area contributed by atoms with E-state index in [0.717, 1.165) is 21.9 Å². The molecular formula is C27H24N2O3S2. The molecule has 34 heavy (non-hydrogen) atoms. The van der Waals surface area contributed by atoms with E-state index < -0.39 is 0 Å². The number of fused-ring (bicyclic) bond motifs is 9. The summed E-state index contributed by atoms with van der Waals surface area (Å²) in [6.45, 7) is 4.13. The third kappa shape index (κ3) is 2.65. The minimum Gasteiger partial charge on any atom is -0.307 e. The molecule has 5 nitrogen and oxygen atoms in total. The Morgan fingerprint density at radius 1 is 0.912 bits per heavy atom. The van der Waals surface area contributed by atoms with Crippen molar-refractivity contribution in [1.82, 2.24) is 4.98 Å². The Bertz CT molecular complexity index is 1410. The first-order valence-electron chi connectivity index (χ1n) is 11.8. The molecule has 7 rings (SSSR count). The van der Waals surface area contributed by atoms with Gasteiger partial charge in [0.15, 0.2) is 0 Å². The second-order valence-electron chi connectivity index (χ2n) is 10.2. The van der Waals surface area contributed by atoms with Gasteiger partial charge in [0.05, 0.1) is 22.5 Å². The van der Waals surface area contributed by atoms with Crippen LogP contribution in [0, 0.1) is 43.4 Å². The predicted octanol–water partition coefficient (Wildman–Crippen LogP) is 4.73. The molecule has 0 spiro atoms. The van der Waals surface area contributed by atoms with Crippen molar-refractivity contribution in [3.63, 3.8) is 0 Å². The number of carbonyl (C=O) groups is 2. The fraction of sp³-hybridized carbons (Fsp3) is 0.370. The molecule has 2 aliphatic carbocycles. The van der Waals surface area contributed by atoms with Crippen LogP contribution in [0.1, 0.15) is 33.9 Å². The van der Waals surface area contributed by atoms with E-state index in [9.17, 15) is 14.4 Å². The Morgan fingerprint density at radius 2 is 1.62 bits per heavy atom. The third-order valence-corrected chi connectivity index (χ3v) is 11.1. The lowest BCUT2D eigenvalue weighted by Crippen LogP contribution is -2.42. The zero-order chi connectivity index (χ0) is 23.3. The number of hydrogen-bond donors (Lipinski definition) is 1. The molecule has 3 heterocycles. The van der Waals surface area contributed by atoms with Crippen molar-refractivity contribution < 1.29 is 9.59 Å². The number of thiazole rings is 1. The van der Waals surface area contributed by atoms with E-state index >= 15 is 0 Å². The van der Waals surface area contributed by atoms with Crippen LogP contribution in [-0.4, -0.2) is 22.0 Å². The Morgan fingerprint density at radius 3 is 2.35 bits per heavy atom. The summed E-state index contributed by atoms with van der Waals surface area (Å²) in [5, 5.41) is 1.18. The highest BCUT2D eigenvalue weighted by Crippen LogP contribution is 2.68. The maximum absolute atomic E-state index is 13.8. The summed E-state index contributed by atoms with van der Waals surface area (Å²) in [5.41, 5.74) is 4.24. The summed E-state index contributed by atoms with van der Waals surface area (Å²) >= 11 is 3.05. The minimum absolute atomic E-state index is 0.0266. The average Bonchev–Trinajstić information content (AvgIpc) is 3.54. The Balaban J connectivity index is 1.34. The number of anilines is 1. The number of amides is 2. The highest BCUT2D eigenvalue weighted by molar-refractivity contribution is 8.00. The molecule has 1 N–H and O–H groups in total. The fourth-order valence-corrected chi connectivity index (χ4v) is 10.1. The fourth-order valence-electron chi connectivity index (χ4n) is 7.25. The van der Waals surface area contributed by atoms with Gasteiger partial charge >= 0.3 is 4.87 Å². The largest absolute Gasteiger partial charge is 0.307 e. The number of H-pyrrole nitrogens is 1. The van der Waals surface area contributed by atoms with Crippen molar-refractivity contribution in [1.29, 1.82) is 0 Å². The topological polar surface area (TPSA) is 70.2 Å². The van der Waals surface area contributed by atoms with Crippen LogP contribution in [0.2, 0.25) is 0 Å². The van der Waals surface area contributed by atoms with Gasteiger partial charge in [-0.2, -0.15) is 0 Å². The number of hydrogen-bond acceptors (Lipinski definition) is 5. The number of aromatic nitrogens is 1. The Kier molecular flexibility index (Phi) is 4.38. The smallest absolute Gasteiger partial charge is 0.305 e. The number of nitrogens with zero attached hydrogens (tertiary/aromatic N) is 1. The van der Waals surface area contributed by atoms with Crippen LogP contribution in [0.15, 0.2) is 58.4 Å². The SMILES string of the molecule is Cc1ccc(N2C(=O)[C@H]3[C@@H]4C[C@@H]([C@@H]3C2=O)[C@@H]2[C@@H](c3ccccc3C)c3sc(=O)[nH]c3S[C@@H]42)cc1. The highest BCUT2D eigenvalue weighted by Gasteiger charge is 2.69. The molecule has 7 atom stereocenters. The molecule has 2 aromatic carbocycles. The number of rotatable bonds is 2. The monoisotopic (exact) mass is 488 g/mol. The molecule has 2 saturated carbocycles. The maximum atomic E-state index is 13.8. The Labute approximate surface area is 205 Å². The standard InChI is InChI=1S/C27H24N2O3S2/c1-12-7-9-14(10-8-12)29-25(30)20-16-11-17(21(20)26(29)31)22-19(16)18(15-6-4-3-5-13(15)2)23-24(33-22)28-27(32)34-23/h3-10,16-22H,11H2,1-2H3,(H,28,32)/t16-,17+,18-,19-,20+,21+,22+/m1/s1. The summed E-state index contributed by atoms with van der Waals surface area (Å²) in [5.74, 6) is 0.0363. The Hall–Kier alpha value is -2.64. The van der Waals surface area contributed by atoms with Crippen molar-refractivity contribution in [3.05, 3.63) is 79.8 Å². The molecule has 3 fully saturated rings. The van der Waals surface area contributed by atoms with Gasteiger partial charge in [-0.3, -0.25) is 19.3 Å². The van der Waals surface area contributed by atoms with Crippen LogP contribution >= 0.6 is 23.1 Å². The van der Waals surface area contributed by atoms with E-state index in [1.54, 1.807) is 11.8 Å². The van der Waals surface area contributed by atoms with Gasteiger partial charge in [0, 0.05) is 16.0 Å². The van der Waals surface area contributed by atoms with E-state index in [2.05, 4.69) is 30.1 Å². The number of thioether (sulfide) groups is 1. The molecule has 4 aliphatic rings. The van der Waals surface area contributed by atoms with Crippen LogP contribution in [0.4, 0.5) is 5.69 Å². The van der Waals surface area contributed by atoms with E-state index in [1.165, 1.54) is 27.4 Å². The van der Waals surface area contributed by atoms with Gasteiger partial charge in [0.25, 0.3) is 0 Å². The molecule has 3 aromatic rings. The minimum atomic E-state index is -0.260. The van der Waals surface area contributed by atoms with Crippen LogP contribution < -0.4 is 9.77 Å². The average molecular weight is 489 g/mol. The molecule has 172 valence electrons. The number of benzene rings is 2. The molecule has 1 saturated heterocycles. The second kappa shape index (κ2) is 7.18. The summed E-state index contributed by atoms with van der Waals surface area (Å²) < 4.78 is 0. The number of aromatic amines is 1. The molecule has 0 radical (unpaired) electrons. The predicted molar refractivity (Wildman–Crippen MR) is 133 cm³/mol. The van der Waals surface area contributed by atoms with Gasteiger partial charge < -0.3 is 4.98 Å². The van der Waals surface area contributed by atoms with Gasteiger partial charge in [-0.15, -0.1) is 11.8 Å².